The molecule has 0 aliphatic rings. The zero-order valence-corrected chi connectivity index (χ0v) is 15.4. The predicted molar refractivity (Wildman–Crippen MR) is 101 cm³/mol. The molecule has 3 heterocycles. The summed E-state index contributed by atoms with van der Waals surface area (Å²) >= 11 is 0. The summed E-state index contributed by atoms with van der Waals surface area (Å²) in [4.78, 5) is 15.1. The topological polar surface area (TPSA) is 130 Å². The number of aromatic nitrogens is 5. The van der Waals surface area contributed by atoms with Crippen molar-refractivity contribution >= 4 is 11.6 Å². The van der Waals surface area contributed by atoms with Crippen molar-refractivity contribution < 1.29 is 5.11 Å². The van der Waals surface area contributed by atoms with E-state index in [1.165, 1.54) is 0 Å². The highest BCUT2D eigenvalue weighted by Gasteiger charge is 2.18. The number of anilines is 2. The second-order valence-corrected chi connectivity index (χ2v) is 6.11. The number of aryl methyl sites for hydroxylation is 2. The first kappa shape index (κ1) is 18.3. The Bertz CT molecular complexity index is 1020. The third-order valence-electron chi connectivity index (χ3n) is 4.04. The second kappa shape index (κ2) is 7.39. The van der Waals surface area contributed by atoms with E-state index in [-0.39, 0.29) is 23.9 Å². The third kappa shape index (κ3) is 3.56. The summed E-state index contributed by atoms with van der Waals surface area (Å²) in [6, 6.07) is 9.35. The van der Waals surface area contributed by atoms with Crippen molar-refractivity contribution in [2.45, 2.75) is 13.8 Å². The summed E-state index contributed by atoms with van der Waals surface area (Å²) in [5.74, 6) is 0.999. The Labute approximate surface area is 156 Å². The van der Waals surface area contributed by atoms with Crippen molar-refractivity contribution in [3.05, 3.63) is 41.2 Å². The van der Waals surface area contributed by atoms with Crippen LogP contribution in [0.15, 0.2) is 24.3 Å². The monoisotopic (exact) mass is 364 g/mol. The van der Waals surface area contributed by atoms with Gasteiger partial charge in [0.15, 0.2) is 0 Å². The molecule has 0 bridgehead atoms. The maximum Gasteiger partial charge on any atom is 0.253 e. The van der Waals surface area contributed by atoms with Gasteiger partial charge in [0.1, 0.15) is 29.0 Å². The number of nitrogen functional groups attached to an aromatic ring is 1. The van der Waals surface area contributed by atoms with Crippen LogP contribution in [-0.2, 0) is 0 Å². The van der Waals surface area contributed by atoms with E-state index in [0.717, 1.165) is 11.4 Å². The molecule has 0 saturated heterocycles. The molecule has 0 aliphatic heterocycles. The number of pyridine rings is 1. The Hall–Kier alpha value is -3.51. The fourth-order valence-electron chi connectivity index (χ4n) is 2.72. The van der Waals surface area contributed by atoms with Crippen LogP contribution in [0.2, 0.25) is 0 Å². The van der Waals surface area contributed by atoms with E-state index >= 15 is 0 Å². The SMILES string of the molecule is Cc1cc(C)n(-c2nc(N)c(C#N)c(-c3cccc(N(C)CCO)n3)n2)n1. The molecule has 138 valence electrons. The molecule has 9 heteroatoms. The van der Waals surface area contributed by atoms with Gasteiger partial charge in [-0.05, 0) is 32.0 Å². The maximum absolute atomic E-state index is 9.54. The van der Waals surface area contributed by atoms with Crippen molar-refractivity contribution in [1.82, 2.24) is 24.7 Å². The lowest BCUT2D eigenvalue weighted by Gasteiger charge is -2.17. The molecular weight excluding hydrogens is 344 g/mol. The van der Waals surface area contributed by atoms with Crippen LogP contribution in [0.5, 0.6) is 0 Å². The summed E-state index contributed by atoms with van der Waals surface area (Å²) in [6.07, 6.45) is 0. The van der Waals surface area contributed by atoms with Gasteiger partial charge in [-0.25, -0.2) is 14.6 Å². The first-order chi connectivity index (χ1) is 12.9. The number of nitrogens with two attached hydrogens (primary N) is 1. The maximum atomic E-state index is 9.54. The molecule has 9 nitrogen and oxygen atoms in total. The fourth-order valence-corrected chi connectivity index (χ4v) is 2.72. The van der Waals surface area contributed by atoms with Crippen molar-refractivity contribution in [2.75, 3.05) is 30.8 Å². The summed E-state index contributed by atoms with van der Waals surface area (Å²) in [5, 5.41) is 23.1. The average Bonchev–Trinajstić information content (AvgIpc) is 2.99. The van der Waals surface area contributed by atoms with Crippen LogP contribution in [0.1, 0.15) is 17.0 Å². The van der Waals surface area contributed by atoms with Gasteiger partial charge in [-0.2, -0.15) is 15.3 Å². The van der Waals surface area contributed by atoms with Crippen LogP contribution >= 0.6 is 0 Å². The van der Waals surface area contributed by atoms with Crippen LogP contribution in [-0.4, -0.2) is 50.0 Å². The first-order valence-corrected chi connectivity index (χ1v) is 8.35. The minimum Gasteiger partial charge on any atom is -0.395 e. The summed E-state index contributed by atoms with van der Waals surface area (Å²) in [7, 11) is 1.82. The summed E-state index contributed by atoms with van der Waals surface area (Å²) < 4.78 is 1.58. The number of rotatable bonds is 5. The Morgan fingerprint density at radius 1 is 1.26 bits per heavy atom. The molecule has 0 spiro atoms. The molecule has 0 aromatic carbocycles. The molecular formula is C18H20N8O. The smallest absolute Gasteiger partial charge is 0.253 e. The summed E-state index contributed by atoms with van der Waals surface area (Å²) in [6.45, 7) is 4.21. The van der Waals surface area contributed by atoms with E-state index in [0.29, 0.717) is 23.8 Å². The quantitative estimate of drug-likeness (QED) is 0.691. The van der Waals surface area contributed by atoms with Gasteiger partial charge in [0, 0.05) is 19.3 Å². The van der Waals surface area contributed by atoms with Crippen LogP contribution in [0.4, 0.5) is 11.6 Å². The minimum atomic E-state index is 0.00832. The highest BCUT2D eigenvalue weighted by molar-refractivity contribution is 5.71. The van der Waals surface area contributed by atoms with Crippen LogP contribution in [0.3, 0.4) is 0 Å². The lowest BCUT2D eigenvalue weighted by atomic mass is 10.1. The van der Waals surface area contributed by atoms with Crippen LogP contribution in [0, 0.1) is 25.2 Å². The largest absolute Gasteiger partial charge is 0.395 e. The second-order valence-electron chi connectivity index (χ2n) is 6.11. The molecule has 3 aromatic rings. The molecule has 0 amide bonds. The molecule has 0 aliphatic carbocycles. The van der Waals surface area contributed by atoms with Gasteiger partial charge >= 0.3 is 0 Å². The van der Waals surface area contributed by atoms with Gasteiger partial charge in [-0.15, -0.1) is 0 Å². The average molecular weight is 364 g/mol. The number of nitrogens with zero attached hydrogens (tertiary/aromatic N) is 7. The van der Waals surface area contributed by atoms with Crippen LogP contribution in [0.25, 0.3) is 17.3 Å². The van der Waals surface area contributed by atoms with Gasteiger partial charge in [0.2, 0.25) is 0 Å². The molecule has 0 saturated carbocycles. The normalized spacial score (nSPS) is 10.6. The highest BCUT2D eigenvalue weighted by Crippen LogP contribution is 2.26. The van der Waals surface area contributed by atoms with Gasteiger partial charge < -0.3 is 15.7 Å². The Morgan fingerprint density at radius 2 is 2.04 bits per heavy atom. The summed E-state index contributed by atoms with van der Waals surface area (Å²) in [5.41, 5.74) is 8.70. The number of hydrogen-bond donors (Lipinski definition) is 2. The number of nitriles is 1. The molecule has 0 fully saturated rings. The molecule has 3 N–H and O–H groups in total. The molecule has 0 radical (unpaired) electrons. The molecule has 0 atom stereocenters. The van der Waals surface area contributed by atoms with Crippen molar-refractivity contribution in [3.63, 3.8) is 0 Å². The zero-order valence-electron chi connectivity index (χ0n) is 15.4. The zero-order chi connectivity index (χ0) is 19.6. The van der Waals surface area contributed by atoms with E-state index in [9.17, 15) is 5.26 Å². The minimum absolute atomic E-state index is 0.00832. The Kier molecular flexibility index (Phi) is 5.00. The van der Waals surface area contributed by atoms with E-state index in [2.05, 4.69) is 26.1 Å². The van der Waals surface area contributed by atoms with Crippen LogP contribution < -0.4 is 10.6 Å². The molecule has 27 heavy (non-hydrogen) atoms. The fraction of sp³-hybridized carbons (Fsp3) is 0.278. The van der Waals surface area contributed by atoms with Gasteiger partial charge in [0.05, 0.1) is 18.0 Å². The Balaban J connectivity index is 2.16. The Morgan fingerprint density at radius 3 is 2.67 bits per heavy atom. The van der Waals surface area contributed by atoms with Crippen molar-refractivity contribution in [3.8, 4) is 23.4 Å². The number of aliphatic hydroxyl groups is 1. The molecule has 3 rings (SSSR count). The van der Waals surface area contributed by atoms with E-state index in [1.54, 1.807) is 10.7 Å². The molecule has 0 unspecified atom stereocenters. The highest BCUT2D eigenvalue weighted by atomic mass is 16.3. The predicted octanol–water partition coefficient (Wildman–Crippen LogP) is 1.22. The standard InChI is InChI=1S/C18H20N8O/c1-11-9-12(2)26(24-11)18-22-16(13(10-19)17(20)23-18)14-5-4-6-15(21-14)25(3)7-8-27/h4-6,9,27H,7-8H2,1-3H3,(H2,20,22,23). The van der Waals surface area contributed by atoms with E-state index < -0.39 is 0 Å². The van der Waals surface area contributed by atoms with Gasteiger partial charge in [-0.3, -0.25) is 0 Å². The lowest BCUT2D eigenvalue weighted by molar-refractivity contribution is 0.304. The van der Waals surface area contributed by atoms with E-state index in [4.69, 9.17) is 10.8 Å². The number of aliphatic hydroxyl groups excluding tert-OH is 1. The van der Waals surface area contributed by atoms with Gasteiger partial charge in [-0.1, -0.05) is 6.07 Å². The third-order valence-corrected chi connectivity index (χ3v) is 4.04. The first-order valence-electron chi connectivity index (χ1n) is 8.35. The van der Waals surface area contributed by atoms with Crippen molar-refractivity contribution in [1.29, 1.82) is 5.26 Å². The van der Waals surface area contributed by atoms with Crippen molar-refractivity contribution in [2.24, 2.45) is 0 Å². The van der Waals surface area contributed by atoms with Gasteiger partial charge in [0.25, 0.3) is 5.95 Å². The number of likely N-dealkylation sites (N-methyl/N-ethyl adjacent to an activating group) is 1. The molecule has 3 aromatic heterocycles. The van der Waals surface area contributed by atoms with E-state index in [1.807, 2.05) is 44.0 Å². The number of hydrogen-bond acceptors (Lipinski definition) is 8. The lowest BCUT2D eigenvalue weighted by Crippen LogP contribution is -2.22.